The third kappa shape index (κ3) is 5.66. The van der Waals surface area contributed by atoms with Crippen LogP contribution in [-0.4, -0.2) is 11.6 Å². The number of benzene rings is 1. The minimum atomic E-state index is 0.0504. The zero-order chi connectivity index (χ0) is 16.2. The summed E-state index contributed by atoms with van der Waals surface area (Å²) >= 11 is 5.07. The van der Waals surface area contributed by atoms with Gasteiger partial charge in [0.05, 0.1) is 11.6 Å². The van der Waals surface area contributed by atoms with Gasteiger partial charge in [0.1, 0.15) is 5.75 Å². The van der Waals surface area contributed by atoms with Crippen LogP contribution in [-0.2, 0) is 11.8 Å². The van der Waals surface area contributed by atoms with Gasteiger partial charge in [-0.25, -0.2) is 0 Å². The first-order valence-corrected chi connectivity index (χ1v) is 8.07. The van der Waals surface area contributed by atoms with E-state index in [4.69, 9.17) is 22.7 Å². The predicted octanol–water partition coefficient (Wildman–Crippen LogP) is 4.48. The number of nitrogens with two attached hydrogens (primary N) is 1. The van der Waals surface area contributed by atoms with E-state index in [-0.39, 0.29) is 11.3 Å². The third-order valence-electron chi connectivity index (χ3n) is 3.45. The number of rotatable bonds is 6. The lowest BCUT2D eigenvalue weighted by molar-refractivity contribution is 0.265. The highest BCUT2D eigenvalue weighted by atomic mass is 32.1. The quantitative estimate of drug-likeness (QED) is 0.787. The van der Waals surface area contributed by atoms with Crippen molar-refractivity contribution in [1.82, 2.24) is 0 Å². The molecule has 21 heavy (non-hydrogen) atoms. The van der Waals surface area contributed by atoms with Gasteiger partial charge in [0.2, 0.25) is 0 Å². The van der Waals surface area contributed by atoms with Crippen molar-refractivity contribution in [1.29, 1.82) is 0 Å². The molecule has 1 aromatic rings. The molecule has 3 heteroatoms. The van der Waals surface area contributed by atoms with Gasteiger partial charge in [0, 0.05) is 5.92 Å². The van der Waals surface area contributed by atoms with Gasteiger partial charge >= 0.3 is 0 Å². The largest absolute Gasteiger partial charge is 0.493 e. The smallest absolute Gasteiger partial charge is 0.123 e. The van der Waals surface area contributed by atoms with E-state index >= 15 is 0 Å². The molecule has 0 fully saturated rings. The average molecular weight is 308 g/mol. The van der Waals surface area contributed by atoms with E-state index in [1.54, 1.807) is 0 Å². The molecule has 1 aromatic carbocycles. The molecule has 118 valence electrons. The maximum Gasteiger partial charge on any atom is 0.123 e. The molecule has 0 bridgehead atoms. The van der Waals surface area contributed by atoms with Crippen molar-refractivity contribution in [2.45, 2.75) is 53.4 Å². The van der Waals surface area contributed by atoms with Crippen LogP contribution in [0.4, 0.5) is 0 Å². The van der Waals surface area contributed by atoms with E-state index in [2.05, 4.69) is 59.7 Å². The summed E-state index contributed by atoms with van der Waals surface area (Å²) in [5.41, 5.74) is 8.28. The summed E-state index contributed by atoms with van der Waals surface area (Å²) in [6, 6.07) is 6.45. The van der Waals surface area contributed by atoms with Crippen molar-refractivity contribution in [3.8, 4) is 5.75 Å². The molecule has 2 nitrogen and oxygen atoms in total. The van der Waals surface area contributed by atoms with Crippen molar-refractivity contribution >= 4 is 17.2 Å². The Balaban J connectivity index is 3.04. The van der Waals surface area contributed by atoms with Gasteiger partial charge in [-0.15, -0.1) is 0 Å². The number of ether oxygens (including phenoxy) is 1. The summed E-state index contributed by atoms with van der Waals surface area (Å²) in [7, 11) is 0. The van der Waals surface area contributed by atoms with Crippen LogP contribution in [0.2, 0.25) is 0 Å². The van der Waals surface area contributed by atoms with Crippen LogP contribution in [0.15, 0.2) is 18.2 Å². The first-order chi connectivity index (χ1) is 9.61. The summed E-state index contributed by atoms with van der Waals surface area (Å²) < 4.78 is 5.98. The molecule has 2 N–H and O–H groups in total. The van der Waals surface area contributed by atoms with E-state index in [9.17, 15) is 0 Å². The summed E-state index contributed by atoms with van der Waals surface area (Å²) in [5, 5.41) is 0. The Morgan fingerprint density at radius 2 is 1.86 bits per heavy atom. The van der Waals surface area contributed by atoms with Crippen LogP contribution in [0.1, 0.15) is 52.7 Å². The average Bonchev–Trinajstić information content (AvgIpc) is 2.35. The molecule has 0 saturated heterocycles. The molecule has 0 aromatic heterocycles. The van der Waals surface area contributed by atoms with E-state index in [1.165, 1.54) is 11.1 Å². The summed E-state index contributed by atoms with van der Waals surface area (Å²) in [5.74, 6) is 1.73. The number of hydrogen-bond acceptors (Lipinski definition) is 2. The van der Waals surface area contributed by atoms with Gasteiger partial charge in [-0.1, -0.05) is 65.9 Å². The molecule has 0 radical (unpaired) electrons. The molecule has 1 unspecified atom stereocenters. The molecule has 0 aliphatic rings. The van der Waals surface area contributed by atoms with Crippen molar-refractivity contribution in [2.24, 2.45) is 17.6 Å². The van der Waals surface area contributed by atoms with E-state index < -0.39 is 0 Å². The highest BCUT2D eigenvalue weighted by molar-refractivity contribution is 7.80. The summed E-state index contributed by atoms with van der Waals surface area (Å²) in [6.07, 6.45) is 0.878. The minimum absolute atomic E-state index is 0.0504. The second-order valence-electron chi connectivity index (χ2n) is 7.29. The normalized spacial score (nSPS) is 13.3. The fraction of sp³-hybridized carbons (Fsp3) is 0.611. The Morgan fingerprint density at radius 3 is 2.33 bits per heavy atom. The maximum atomic E-state index is 5.98. The van der Waals surface area contributed by atoms with Crippen LogP contribution in [0.25, 0.3) is 0 Å². The molecule has 0 saturated carbocycles. The van der Waals surface area contributed by atoms with E-state index in [0.717, 1.165) is 18.8 Å². The second kappa shape index (κ2) is 7.26. The fourth-order valence-corrected chi connectivity index (χ4v) is 2.21. The van der Waals surface area contributed by atoms with Gasteiger partial charge in [-0.05, 0) is 34.9 Å². The highest BCUT2D eigenvalue weighted by Crippen LogP contribution is 2.33. The minimum Gasteiger partial charge on any atom is -0.493 e. The van der Waals surface area contributed by atoms with Crippen LogP contribution >= 0.6 is 12.2 Å². The zero-order valence-corrected chi connectivity index (χ0v) is 15.0. The van der Waals surface area contributed by atoms with Crippen molar-refractivity contribution in [3.05, 3.63) is 29.3 Å². The molecule has 0 aliphatic carbocycles. The predicted molar refractivity (Wildman–Crippen MR) is 95.1 cm³/mol. The van der Waals surface area contributed by atoms with Crippen molar-refractivity contribution in [3.63, 3.8) is 0 Å². The van der Waals surface area contributed by atoms with Crippen molar-refractivity contribution < 1.29 is 4.74 Å². The third-order valence-corrected chi connectivity index (χ3v) is 3.85. The Labute approximate surface area is 135 Å². The van der Waals surface area contributed by atoms with Crippen LogP contribution in [0.3, 0.4) is 0 Å². The first kappa shape index (κ1) is 18.0. The van der Waals surface area contributed by atoms with E-state index in [0.29, 0.717) is 10.9 Å². The second-order valence-corrected chi connectivity index (χ2v) is 7.76. The lowest BCUT2D eigenvalue weighted by Crippen LogP contribution is -2.21. The Morgan fingerprint density at radius 1 is 1.24 bits per heavy atom. The molecular weight excluding hydrogens is 278 g/mol. The summed E-state index contributed by atoms with van der Waals surface area (Å²) in [6.45, 7) is 13.8. The Hall–Kier alpha value is -1.09. The molecule has 0 aliphatic heterocycles. The molecule has 0 amide bonds. The van der Waals surface area contributed by atoms with Crippen LogP contribution in [0.5, 0.6) is 5.75 Å². The Bertz CT molecular complexity index is 488. The standard InChI is InChI=1S/C18H29NOS/c1-12(2)11-20-16-8-7-14(9-13(3)17(19)21)10-15(16)18(4,5)6/h7-8,10,12-13H,9,11H2,1-6H3,(H2,19,21). The highest BCUT2D eigenvalue weighted by Gasteiger charge is 2.20. The van der Waals surface area contributed by atoms with Crippen molar-refractivity contribution in [2.75, 3.05) is 6.61 Å². The Kier molecular flexibility index (Phi) is 6.21. The van der Waals surface area contributed by atoms with Gasteiger partial charge < -0.3 is 10.5 Å². The van der Waals surface area contributed by atoms with Gasteiger partial charge in [0.25, 0.3) is 0 Å². The monoisotopic (exact) mass is 307 g/mol. The van der Waals surface area contributed by atoms with Gasteiger partial charge in [-0.2, -0.15) is 0 Å². The van der Waals surface area contributed by atoms with Crippen LogP contribution < -0.4 is 10.5 Å². The summed E-state index contributed by atoms with van der Waals surface area (Å²) in [4.78, 5) is 0.576. The number of thiocarbonyl (C=S) groups is 1. The molecular formula is C18H29NOS. The zero-order valence-electron chi connectivity index (χ0n) is 14.2. The molecule has 0 spiro atoms. The number of hydrogen-bond donors (Lipinski definition) is 1. The first-order valence-electron chi connectivity index (χ1n) is 7.66. The topological polar surface area (TPSA) is 35.2 Å². The molecule has 1 rings (SSSR count). The van der Waals surface area contributed by atoms with E-state index in [1.807, 2.05) is 0 Å². The molecule has 0 heterocycles. The SMILES string of the molecule is CC(C)COc1ccc(CC(C)C(N)=S)cc1C(C)(C)C. The molecule has 1 atom stereocenters. The fourth-order valence-electron chi connectivity index (χ4n) is 2.13. The van der Waals surface area contributed by atoms with Crippen LogP contribution in [0, 0.1) is 11.8 Å². The maximum absolute atomic E-state index is 5.98. The lowest BCUT2D eigenvalue weighted by Gasteiger charge is -2.24. The lowest BCUT2D eigenvalue weighted by atomic mass is 9.84. The van der Waals surface area contributed by atoms with Gasteiger partial charge in [-0.3, -0.25) is 0 Å². The van der Waals surface area contributed by atoms with Gasteiger partial charge in [0.15, 0.2) is 0 Å².